The van der Waals surface area contributed by atoms with Crippen LogP contribution < -0.4 is 10.9 Å². The Balaban J connectivity index is 1.75. The molecule has 5 rings (SSSR count). The van der Waals surface area contributed by atoms with Crippen molar-refractivity contribution in [3.63, 3.8) is 0 Å². The van der Waals surface area contributed by atoms with Crippen molar-refractivity contribution in [1.82, 2.24) is 20.2 Å². The van der Waals surface area contributed by atoms with Crippen molar-refractivity contribution in [2.75, 3.05) is 12.0 Å². The summed E-state index contributed by atoms with van der Waals surface area (Å²) < 4.78 is 29.3. The monoisotopic (exact) mass is 394 g/mol. The number of carbonyl (C=O) groups is 1. The number of ketones is 1. The topological polar surface area (TPSA) is 84.2 Å². The SMILES string of the molecule is Cn1ncnc1C1C2=NCC(=O)c3cc(F)cc(c32)NNC1c1ccc(F)cc1. The van der Waals surface area contributed by atoms with E-state index < -0.39 is 17.8 Å². The van der Waals surface area contributed by atoms with Gasteiger partial charge in [-0.2, -0.15) is 5.10 Å². The number of carbonyl (C=O) groups excluding carboxylic acids is 1. The van der Waals surface area contributed by atoms with E-state index in [9.17, 15) is 13.6 Å². The van der Waals surface area contributed by atoms with Crippen molar-refractivity contribution in [1.29, 1.82) is 0 Å². The van der Waals surface area contributed by atoms with Gasteiger partial charge in [0.05, 0.1) is 23.4 Å². The van der Waals surface area contributed by atoms with Crippen LogP contribution in [0.2, 0.25) is 0 Å². The smallest absolute Gasteiger partial charge is 0.185 e. The second-order valence-corrected chi connectivity index (χ2v) is 7.02. The highest BCUT2D eigenvalue weighted by Gasteiger charge is 2.40. The number of hydrazine groups is 1. The van der Waals surface area contributed by atoms with Gasteiger partial charge in [-0.1, -0.05) is 12.1 Å². The quantitative estimate of drug-likeness (QED) is 0.698. The lowest BCUT2D eigenvalue weighted by molar-refractivity contribution is 0.0999. The Labute approximate surface area is 164 Å². The summed E-state index contributed by atoms with van der Waals surface area (Å²) in [6, 6.07) is 8.23. The van der Waals surface area contributed by atoms with Crippen LogP contribution in [-0.4, -0.2) is 32.8 Å². The van der Waals surface area contributed by atoms with Gasteiger partial charge < -0.3 is 5.43 Å². The minimum Gasteiger partial charge on any atom is -0.320 e. The summed E-state index contributed by atoms with van der Waals surface area (Å²) >= 11 is 0. The van der Waals surface area contributed by atoms with Gasteiger partial charge in [-0.25, -0.2) is 19.2 Å². The summed E-state index contributed by atoms with van der Waals surface area (Å²) in [4.78, 5) is 21.4. The number of hydrogen-bond acceptors (Lipinski definition) is 6. The number of benzene rings is 2. The Kier molecular flexibility index (Phi) is 3.99. The molecule has 2 aromatic carbocycles. The normalized spacial score (nSPS) is 20.5. The minimum atomic E-state index is -0.516. The molecule has 1 aromatic heterocycles. The number of Topliss-reactive ketones (excluding diaryl/α,β-unsaturated/α-hetero) is 1. The maximum atomic E-state index is 14.2. The molecule has 2 atom stereocenters. The third-order valence-corrected chi connectivity index (χ3v) is 5.30. The number of nitrogens with one attached hydrogen (secondary N) is 2. The highest BCUT2D eigenvalue weighted by atomic mass is 19.1. The molecule has 9 heteroatoms. The van der Waals surface area contributed by atoms with Crippen LogP contribution in [0.1, 0.15) is 39.3 Å². The number of halogens is 2. The molecule has 3 heterocycles. The Hall–Kier alpha value is -3.46. The molecule has 2 aliphatic rings. The Morgan fingerprint density at radius 2 is 1.93 bits per heavy atom. The zero-order valence-corrected chi connectivity index (χ0v) is 15.4. The van der Waals surface area contributed by atoms with E-state index in [1.54, 1.807) is 23.9 Å². The van der Waals surface area contributed by atoms with Crippen molar-refractivity contribution in [2.24, 2.45) is 12.0 Å². The molecule has 146 valence electrons. The third-order valence-electron chi connectivity index (χ3n) is 5.30. The molecular weight excluding hydrogens is 378 g/mol. The molecule has 7 nitrogen and oxygen atoms in total. The second kappa shape index (κ2) is 6.56. The van der Waals surface area contributed by atoms with Gasteiger partial charge >= 0.3 is 0 Å². The molecule has 0 radical (unpaired) electrons. The molecule has 0 saturated heterocycles. The maximum absolute atomic E-state index is 14.2. The van der Waals surface area contributed by atoms with Gasteiger partial charge in [0.15, 0.2) is 5.78 Å². The van der Waals surface area contributed by atoms with E-state index in [1.165, 1.54) is 30.6 Å². The van der Waals surface area contributed by atoms with E-state index in [4.69, 9.17) is 0 Å². The number of hydrogen-bond donors (Lipinski definition) is 2. The summed E-state index contributed by atoms with van der Waals surface area (Å²) in [5, 5.41) is 4.17. The fraction of sp³-hybridized carbons (Fsp3) is 0.200. The molecule has 0 amide bonds. The van der Waals surface area contributed by atoms with Gasteiger partial charge in [-0.3, -0.25) is 14.5 Å². The molecule has 3 aromatic rings. The van der Waals surface area contributed by atoms with Crippen LogP contribution in [0.25, 0.3) is 0 Å². The third kappa shape index (κ3) is 2.82. The fourth-order valence-corrected chi connectivity index (χ4v) is 3.98. The molecule has 2 unspecified atom stereocenters. The molecule has 2 aliphatic heterocycles. The van der Waals surface area contributed by atoms with E-state index in [-0.39, 0.29) is 23.7 Å². The second-order valence-electron chi connectivity index (χ2n) is 7.02. The predicted molar refractivity (Wildman–Crippen MR) is 102 cm³/mol. The molecule has 2 N–H and O–H groups in total. The lowest BCUT2D eigenvalue weighted by Gasteiger charge is -2.27. The van der Waals surface area contributed by atoms with Crippen LogP contribution in [0.3, 0.4) is 0 Å². The Morgan fingerprint density at radius 1 is 1.14 bits per heavy atom. The van der Waals surface area contributed by atoms with Crippen molar-refractivity contribution in [3.8, 4) is 0 Å². The molecule has 0 fully saturated rings. The largest absolute Gasteiger partial charge is 0.320 e. The molecular formula is C20H16F2N6O. The maximum Gasteiger partial charge on any atom is 0.185 e. The van der Waals surface area contributed by atoms with Crippen molar-refractivity contribution in [3.05, 3.63) is 76.9 Å². The number of rotatable bonds is 2. The van der Waals surface area contributed by atoms with Gasteiger partial charge in [0, 0.05) is 18.2 Å². The number of anilines is 1. The Morgan fingerprint density at radius 3 is 2.66 bits per heavy atom. The number of aliphatic imine (C=N–C) groups is 1. The van der Waals surface area contributed by atoms with Gasteiger partial charge in [-0.05, 0) is 29.8 Å². The number of nitrogens with zero attached hydrogens (tertiary/aromatic N) is 4. The lowest BCUT2D eigenvalue weighted by Crippen LogP contribution is -2.34. The summed E-state index contributed by atoms with van der Waals surface area (Å²) in [6.45, 7) is -0.0737. The Bertz CT molecular complexity index is 1150. The standard InChI is InChI=1S/C20H16F2N6O/c1-28-20(24-9-25-28)17-18(10-2-4-11(21)5-3-10)27-26-14-7-12(22)6-13-15(29)8-23-19(17)16(13)14/h2-7,9,17-18,26-27H,8H2,1H3. The first-order chi connectivity index (χ1) is 14.0. The zero-order valence-electron chi connectivity index (χ0n) is 15.4. The summed E-state index contributed by atoms with van der Waals surface area (Å²) in [5.41, 5.74) is 8.85. The van der Waals surface area contributed by atoms with E-state index in [1.807, 2.05) is 0 Å². The first-order valence-electron chi connectivity index (χ1n) is 9.05. The first kappa shape index (κ1) is 17.6. The van der Waals surface area contributed by atoms with E-state index >= 15 is 0 Å². The van der Waals surface area contributed by atoms with Gasteiger partial charge in [0.25, 0.3) is 0 Å². The molecule has 0 bridgehead atoms. The summed E-state index contributed by atoms with van der Waals surface area (Å²) in [5.74, 6) is -0.941. The van der Waals surface area contributed by atoms with Crippen molar-refractivity contribution >= 4 is 17.2 Å². The highest BCUT2D eigenvalue weighted by molar-refractivity contribution is 6.20. The van der Waals surface area contributed by atoms with Gasteiger partial charge in [0.2, 0.25) is 0 Å². The predicted octanol–water partition coefficient (Wildman–Crippen LogP) is 2.53. The van der Waals surface area contributed by atoms with Gasteiger partial charge in [0.1, 0.15) is 30.3 Å². The highest BCUT2D eigenvalue weighted by Crippen LogP contribution is 2.40. The average molecular weight is 394 g/mol. The number of aromatic nitrogens is 3. The van der Waals surface area contributed by atoms with Gasteiger partial charge in [-0.15, -0.1) is 0 Å². The van der Waals surface area contributed by atoms with E-state index in [2.05, 4.69) is 25.9 Å². The molecule has 29 heavy (non-hydrogen) atoms. The summed E-state index contributed by atoms with van der Waals surface area (Å²) in [6.07, 6.45) is 1.44. The molecule has 0 saturated carbocycles. The van der Waals surface area contributed by atoms with Crippen LogP contribution in [0.4, 0.5) is 14.5 Å². The fourth-order valence-electron chi connectivity index (χ4n) is 3.98. The minimum absolute atomic E-state index is 0.0737. The van der Waals surface area contributed by atoms with Crippen molar-refractivity contribution < 1.29 is 13.6 Å². The molecule has 0 spiro atoms. The first-order valence-corrected chi connectivity index (χ1v) is 9.05. The van der Waals surface area contributed by atoms with E-state index in [0.29, 0.717) is 22.8 Å². The zero-order chi connectivity index (χ0) is 20.1. The van der Waals surface area contributed by atoms with E-state index in [0.717, 1.165) is 5.56 Å². The van der Waals surface area contributed by atoms with Crippen LogP contribution in [-0.2, 0) is 7.05 Å². The lowest BCUT2D eigenvalue weighted by atomic mass is 9.82. The van der Waals surface area contributed by atoms with Crippen LogP contribution in [0.15, 0.2) is 47.7 Å². The van der Waals surface area contributed by atoms with Crippen molar-refractivity contribution in [2.45, 2.75) is 12.0 Å². The van der Waals surface area contributed by atoms with Crippen LogP contribution in [0, 0.1) is 11.6 Å². The van der Waals surface area contributed by atoms with Crippen LogP contribution >= 0.6 is 0 Å². The van der Waals surface area contributed by atoms with Crippen LogP contribution in [0.5, 0.6) is 0 Å². The number of aryl methyl sites for hydroxylation is 1. The summed E-state index contributed by atoms with van der Waals surface area (Å²) in [7, 11) is 1.77. The average Bonchev–Trinajstić information content (AvgIpc) is 3.05. The molecule has 0 aliphatic carbocycles.